The first-order valence-electron chi connectivity index (χ1n) is 23.3. The summed E-state index contributed by atoms with van der Waals surface area (Å²) in [6.07, 6.45) is 53.4. The van der Waals surface area contributed by atoms with E-state index in [1.807, 2.05) is 0 Å². The molecule has 0 N–H and O–H groups in total. The van der Waals surface area contributed by atoms with Gasteiger partial charge in [-0.3, -0.25) is 0 Å². The Morgan fingerprint density at radius 3 is 0.667 bits per heavy atom. The lowest BCUT2D eigenvalue weighted by atomic mass is 10.1. The number of quaternary nitrogens is 1. The fourth-order valence-electron chi connectivity index (χ4n) is 8.54. The molecule has 0 bridgehead atoms. The van der Waals surface area contributed by atoms with E-state index in [2.05, 4.69) is 41.5 Å². The largest absolute Gasteiger partial charge is 0.324 e. The molecule has 0 amide bonds. The summed E-state index contributed by atoms with van der Waals surface area (Å²) in [6, 6.07) is 0. The molecule has 0 aromatic heterocycles. The normalized spacial score (nSPS) is 12.4. The van der Waals surface area contributed by atoms with Crippen LogP contribution in [0.5, 0.6) is 0 Å². The van der Waals surface area contributed by atoms with Gasteiger partial charge in [-0.05, 0) is 103 Å². The molecule has 2 heteroatoms. The molecule has 0 rings (SSSR count). The van der Waals surface area contributed by atoms with E-state index >= 15 is 0 Å². The lowest BCUT2D eigenvalue weighted by molar-refractivity contribution is -0.929. The molecule has 0 spiro atoms. The van der Waals surface area contributed by atoms with Crippen LogP contribution in [0.25, 0.3) is 0 Å². The van der Waals surface area contributed by atoms with Gasteiger partial charge in [0.1, 0.15) is 0 Å². The minimum absolute atomic E-state index is 0.742. The van der Waals surface area contributed by atoms with E-state index < -0.39 is 7.26 Å². The highest BCUT2D eigenvalue weighted by atomic mass is 31.2. The van der Waals surface area contributed by atoms with Gasteiger partial charge in [0.2, 0.25) is 0 Å². The molecule has 0 fully saturated rings. The Kier molecular flexibility index (Phi) is 37.5. The highest BCUT2D eigenvalue weighted by Gasteiger charge is 2.35. The van der Waals surface area contributed by atoms with E-state index in [1.165, 1.54) is 210 Å². The van der Waals surface area contributed by atoms with Gasteiger partial charge in [0.15, 0.2) is 0 Å². The van der Waals surface area contributed by atoms with Crippen LogP contribution in [0.3, 0.4) is 0 Å². The highest BCUT2D eigenvalue weighted by Crippen LogP contribution is 2.61. The van der Waals surface area contributed by atoms with Crippen LogP contribution in [-0.4, -0.2) is 55.3 Å². The van der Waals surface area contributed by atoms with Crippen LogP contribution in [0.15, 0.2) is 0 Å². The number of hydrogen-bond acceptors (Lipinski definition) is 0. The topological polar surface area (TPSA) is 0 Å². The zero-order valence-corrected chi connectivity index (χ0v) is 36.1. The second kappa shape index (κ2) is 37.2. The molecule has 0 unspecified atom stereocenters. The van der Waals surface area contributed by atoms with Crippen LogP contribution in [0.4, 0.5) is 0 Å². The van der Waals surface area contributed by atoms with Crippen molar-refractivity contribution in [3.8, 4) is 0 Å². The molecule has 0 aromatic carbocycles. The molecule has 0 aliphatic rings. The van der Waals surface area contributed by atoms with E-state index in [0.29, 0.717) is 0 Å². The summed E-state index contributed by atoms with van der Waals surface area (Å²) in [5.41, 5.74) is 0. The summed E-state index contributed by atoms with van der Waals surface area (Å²) in [5, 5.41) is 0. The van der Waals surface area contributed by atoms with Crippen molar-refractivity contribution in [2.45, 2.75) is 247 Å². The molecule has 0 saturated heterocycles. The molecule has 1 nitrogen and oxygen atoms in total. The molecule has 48 heavy (non-hydrogen) atoms. The van der Waals surface area contributed by atoms with Crippen molar-refractivity contribution in [2.75, 3.05) is 50.8 Å². The number of rotatable bonds is 41. The second-order valence-corrected chi connectivity index (χ2v) is 21.1. The number of hydrogen-bond donors (Lipinski definition) is 0. The third kappa shape index (κ3) is 29.0. The molecular formula is C46H98NP+2. The minimum atomic E-state index is -0.742. The van der Waals surface area contributed by atoms with Crippen LogP contribution in [0.1, 0.15) is 247 Å². The molecule has 0 atom stereocenters. The van der Waals surface area contributed by atoms with Crippen molar-refractivity contribution in [1.29, 1.82) is 0 Å². The Bertz CT molecular complexity index is 488. The first-order valence-corrected chi connectivity index (χ1v) is 25.8. The maximum Gasteiger partial charge on any atom is 0.0786 e. The van der Waals surface area contributed by atoms with Crippen LogP contribution in [0.2, 0.25) is 0 Å². The van der Waals surface area contributed by atoms with Gasteiger partial charge in [0.05, 0.1) is 50.8 Å². The van der Waals surface area contributed by atoms with Gasteiger partial charge in [0.25, 0.3) is 0 Å². The molecule has 0 aliphatic heterocycles. The quantitative estimate of drug-likeness (QED) is 0.0339. The van der Waals surface area contributed by atoms with Crippen molar-refractivity contribution in [2.24, 2.45) is 0 Å². The Morgan fingerprint density at radius 2 is 0.417 bits per heavy atom. The third-order valence-electron chi connectivity index (χ3n) is 11.9. The zero-order valence-electron chi connectivity index (χ0n) is 35.2. The van der Waals surface area contributed by atoms with E-state index in [9.17, 15) is 0 Å². The lowest BCUT2D eigenvalue weighted by Crippen LogP contribution is -2.50. The maximum absolute atomic E-state index is 2.38. The van der Waals surface area contributed by atoms with Crippen LogP contribution in [-0.2, 0) is 0 Å². The Labute approximate surface area is 308 Å². The van der Waals surface area contributed by atoms with Gasteiger partial charge in [-0.1, -0.05) is 144 Å². The third-order valence-corrected chi connectivity index (χ3v) is 17.0. The van der Waals surface area contributed by atoms with Gasteiger partial charge in [0, 0.05) is 7.26 Å². The van der Waals surface area contributed by atoms with Gasteiger partial charge in [-0.2, -0.15) is 0 Å². The molecule has 0 heterocycles. The Hall–Kier alpha value is 0.390. The van der Waals surface area contributed by atoms with Gasteiger partial charge >= 0.3 is 0 Å². The first-order chi connectivity index (χ1) is 23.6. The van der Waals surface area contributed by atoms with Crippen LogP contribution >= 0.6 is 7.26 Å². The highest BCUT2D eigenvalue weighted by molar-refractivity contribution is 7.75. The van der Waals surface area contributed by atoms with Gasteiger partial charge in [-0.25, -0.2) is 0 Å². The summed E-state index contributed by atoms with van der Waals surface area (Å²) < 4.78 is 1.47. The number of unbranched alkanes of at least 4 members (excludes halogenated alkanes) is 25. The molecule has 290 valence electrons. The monoisotopic (exact) mass is 696 g/mol. The summed E-state index contributed by atoms with van der Waals surface area (Å²) in [5.74, 6) is 0. The van der Waals surface area contributed by atoms with Crippen molar-refractivity contribution in [3.63, 3.8) is 0 Å². The minimum Gasteiger partial charge on any atom is -0.324 e. The van der Waals surface area contributed by atoms with E-state index in [0.717, 1.165) is 0 Å². The van der Waals surface area contributed by atoms with Gasteiger partial charge in [-0.15, -0.1) is 0 Å². The predicted molar refractivity (Wildman–Crippen MR) is 228 cm³/mol. The molecule has 0 saturated carbocycles. The predicted octanol–water partition coefficient (Wildman–Crippen LogP) is 16.4. The van der Waals surface area contributed by atoms with Crippen LogP contribution < -0.4 is 0 Å². The first kappa shape index (κ1) is 48.4. The summed E-state index contributed by atoms with van der Waals surface area (Å²) in [6.45, 7) is 20.1. The SMILES string of the molecule is CCCCCC[N+](CCCCCC)(CCCCCC)CCCCCCCCCC[P+](CCCCCC)(CCCCCC)CCCCCC. The zero-order chi connectivity index (χ0) is 35.3. The van der Waals surface area contributed by atoms with Crippen molar-refractivity contribution < 1.29 is 4.48 Å². The summed E-state index contributed by atoms with van der Waals surface area (Å²) >= 11 is 0. The summed E-state index contributed by atoms with van der Waals surface area (Å²) in [7, 11) is -0.742. The molecule has 0 aliphatic carbocycles. The Morgan fingerprint density at radius 1 is 0.229 bits per heavy atom. The lowest BCUT2D eigenvalue weighted by Gasteiger charge is -2.39. The van der Waals surface area contributed by atoms with Crippen molar-refractivity contribution >= 4 is 7.26 Å². The molecule has 0 radical (unpaired) electrons. The fourth-order valence-corrected chi connectivity index (χ4v) is 13.5. The van der Waals surface area contributed by atoms with E-state index in [-0.39, 0.29) is 0 Å². The van der Waals surface area contributed by atoms with E-state index in [4.69, 9.17) is 0 Å². The van der Waals surface area contributed by atoms with E-state index in [1.54, 1.807) is 50.3 Å². The smallest absolute Gasteiger partial charge is 0.0786 e. The van der Waals surface area contributed by atoms with Gasteiger partial charge < -0.3 is 4.48 Å². The average molecular weight is 696 g/mol. The molecular weight excluding hydrogens is 597 g/mol. The van der Waals surface area contributed by atoms with Crippen molar-refractivity contribution in [1.82, 2.24) is 0 Å². The van der Waals surface area contributed by atoms with Crippen LogP contribution in [0, 0.1) is 0 Å². The van der Waals surface area contributed by atoms with Crippen molar-refractivity contribution in [3.05, 3.63) is 0 Å². The molecule has 0 aromatic rings. The maximum atomic E-state index is 2.38. The fraction of sp³-hybridized carbons (Fsp3) is 1.00. The Balaban J connectivity index is 4.80. The summed E-state index contributed by atoms with van der Waals surface area (Å²) in [4.78, 5) is 0. The second-order valence-electron chi connectivity index (χ2n) is 16.7. The standard InChI is InChI=1S/C46H98NP/c1-7-13-19-31-39-47(40-32-20-14-8-2,41-33-21-15-9-3)42-34-29-27-25-26-28-30-38-46-48(43-35-22-16-10-4,44-36-23-17-11-5)45-37-24-18-12-6/h7-46H2,1-6H3/q+2. The average Bonchev–Trinajstić information content (AvgIpc) is 3.10. The number of nitrogens with zero attached hydrogens (tertiary/aromatic N) is 1.